The second-order valence-electron chi connectivity index (χ2n) is 5.90. The van der Waals surface area contributed by atoms with E-state index in [1.54, 1.807) is 0 Å². The van der Waals surface area contributed by atoms with Gasteiger partial charge in [0.2, 0.25) is 0 Å². The molecule has 1 aliphatic heterocycles. The Kier molecular flexibility index (Phi) is 4.43. The van der Waals surface area contributed by atoms with Gasteiger partial charge in [-0.1, -0.05) is 72.8 Å². The number of hydrogen-bond donors (Lipinski definition) is 0. The number of rotatable bonds is 5. The van der Waals surface area contributed by atoms with Crippen molar-refractivity contribution in [1.29, 1.82) is 0 Å². The zero-order chi connectivity index (χ0) is 15.4. The molecular formula is C21H23N. The van der Waals surface area contributed by atoms with Gasteiger partial charge in [-0.2, -0.15) is 0 Å². The van der Waals surface area contributed by atoms with Crippen molar-refractivity contribution < 1.29 is 0 Å². The van der Waals surface area contributed by atoms with E-state index < -0.39 is 0 Å². The molecule has 2 aromatic carbocycles. The van der Waals surface area contributed by atoms with Crippen LogP contribution in [0.15, 0.2) is 85.1 Å². The molecule has 0 spiro atoms. The molecule has 2 atom stereocenters. The lowest BCUT2D eigenvalue weighted by Crippen LogP contribution is -2.32. The highest BCUT2D eigenvalue weighted by atomic mass is 15.2. The van der Waals surface area contributed by atoms with E-state index in [-0.39, 0.29) is 0 Å². The second kappa shape index (κ2) is 6.65. The Morgan fingerprint density at radius 1 is 1.00 bits per heavy atom. The van der Waals surface area contributed by atoms with Crippen LogP contribution in [0.2, 0.25) is 0 Å². The maximum absolute atomic E-state index is 4.08. The van der Waals surface area contributed by atoms with Gasteiger partial charge in [0.05, 0.1) is 6.04 Å². The van der Waals surface area contributed by atoms with Crippen LogP contribution in [0.4, 0.5) is 0 Å². The van der Waals surface area contributed by atoms with Crippen LogP contribution in [0.1, 0.15) is 24.0 Å². The molecule has 0 bridgehead atoms. The smallest absolute Gasteiger partial charge is 0.0571 e. The highest BCUT2D eigenvalue weighted by molar-refractivity contribution is 5.34. The van der Waals surface area contributed by atoms with Crippen LogP contribution in [-0.2, 0) is 6.42 Å². The predicted octanol–water partition coefficient (Wildman–Crippen LogP) is 4.79. The Bertz CT molecular complexity index is 642. The minimum absolute atomic E-state index is 0.353. The third-order valence-electron chi connectivity index (χ3n) is 4.51. The molecule has 1 heterocycles. The summed E-state index contributed by atoms with van der Waals surface area (Å²) in [5.41, 5.74) is 4.12. The van der Waals surface area contributed by atoms with Gasteiger partial charge in [0, 0.05) is 18.2 Å². The van der Waals surface area contributed by atoms with Gasteiger partial charge in [-0.3, -0.25) is 0 Å². The van der Waals surface area contributed by atoms with Crippen LogP contribution in [-0.4, -0.2) is 17.5 Å². The molecule has 1 aliphatic rings. The van der Waals surface area contributed by atoms with E-state index >= 15 is 0 Å². The molecule has 0 saturated carbocycles. The van der Waals surface area contributed by atoms with Crippen LogP contribution in [0, 0.1) is 0 Å². The number of benzene rings is 2. The van der Waals surface area contributed by atoms with E-state index in [2.05, 4.69) is 91.2 Å². The van der Waals surface area contributed by atoms with E-state index in [0.717, 1.165) is 13.0 Å². The van der Waals surface area contributed by atoms with Crippen molar-refractivity contribution in [2.24, 2.45) is 0 Å². The van der Waals surface area contributed by atoms with Gasteiger partial charge in [0.1, 0.15) is 0 Å². The van der Waals surface area contributed by atoms with E-state index in [4.69, 9.17) is 0 Å². The zero-order valence-corrected chi connectivity index (χ0v) is 13.2. The molecule has 1 heteroatoms. The van der Waals surface area contributed by atoms with Gasteiger partial charge in [0.25, 0.3) is 0 Å². The molecule has 112 valence electrons. The van der Waals surface area contributed by atoms with E-state index in [9.17, 15) is 0 Å². The minimum atomic E-state index is 0.353. The van der Waals surface area contributed by atoms with Gasteiger partial charge in [-0.25, -0.2) is 0 Å². The first-order chi connectivity index (χ1) is 10.8. The fourth-order valence-electron chi connectivity index (χ4n) is 3.35. The Morgan fingerprint density at radius 2 is 1.64 bits per heavy atom. The van der Waals surface area contributed by atoms with E-state index in [0.29, 0.717) is 12.0 Å². The largest absolute Gasteiger partial charge is 0.368 e. The lowest BCUT2D eigenvalue weighted by molar-refractivity contribution is 0.309. The van der Waals surface area contributed by atoms with Gasteiger partial charge in [0.15, 0.2) is 0 Å². The van der Waals surface area contributed by atoms with Crippen LogP contribution >= 0.6 is 0 Å². The Balaban J connectivity index is 1.75. The average molecular weight is 289 g/mol. The van der Waals surface area contributed by atoms with Gasteiger partial charge >= 0.3 is 0 Å². The highest BCUT2D eigenvalue weighted by Gasteiger charge is 2.30. The lowest BCUT2D eigenvalue weighted by Gasteiger charge is -2.30. The number of nitrogens with zero attached hydrogens (tertiary/aromatic N) is 1. The Morgan fingerprint density at radius 3 is 2.27 bits per heavy atom. The molecule has 22 heavy (non-hydrogen) atoms. The third kappa shape index (κ3) is 2.99. The van der Waals surface area contributed by atoms with Gasteiger partial charge in [-0.15, -0.1) is 6.58 Å². The fraction of sp³-hybridized carbons (Fsp3) is 0.238. The van der Waals surface area contributed by atoms with Crippen LogP contribution in [0.25, 0.3) is 0 Å². The van der Waals surface area contributed by atoms with Crippen molar-refractivity contribution in [3.8, 4) is 0 Å². The summed E-state index contributed by atoms with van der Waals surface area (Å²) in [7, 11) is 0. The lowest BCUT2D eigenvalue weighted by atomic mass is 9.93. The summed E-state index contributed by atoms with van der Waals surface area (Å²) in [6.45, 7) is 7.33. The molecule has 0 radical (unpaired) electrons. The molecule has 2 unspecified atom stereocenters. The third-order valence-corrected chi connectivity index (χ3v) is 4.51. The van der Waals surface area contributed by atoms with Gasteiger partial charge < -0.3 is 4.90 Å². The summed E-state index contributed by atoms with van der Waals surface area (Å²) >= 11 is 0. The quantitative estimate of drug-likeness (QED) is 0.716. The molecule has 0 fully saturated rings. The standard InChI is InChI=1S/C21H23N/c1-3-21-20(19-12-8-5-9-13-19)16-17(2)22(21)15-14-18-10-6-4-7-11-18/h3-13,16,20-21H,1,14-15H2,2H3. The predicted molar refractivity (Wildman–Crippen MR) is 93.8 cm³/mol. The van der Waals surface area contributed by atoms with Crippen LogP contribution in [0.5, 0.6) is 0 Å². The maximum atomic E-state index is 4.08. The molecule has 2 aromatic rings. The minimum Gasteiger partial charge on any atom is -0.368 e. The molecular weight excluding hydrogens is 266 g/mol. The highest BCUT2D eigenvalue weighted by Crippen LogP contribution is 2.35. The first kappa shape index (κ1) is 14.6. The summed E-state index contributed by atoms with van der Waals surface area (Å²) in [5.74, 6) is 0.412. The summed E-state index contributed by atoms with van der Waals surface area (Å²) in [4.78, 5) is 2.48. The zero-order valence-electron chi connectivity index (χ0n) is 13.2. The molecule has 0 N–H and O–H groups in total. The maximum Gasteiger partial charge on any atom is 0.0571 e. The molecule has 0 saturated heterocycles. The summed E-state index contributed by atoms with van der Waals surface area (Å²) < 4.78 is 0. The Hall–Kier alpha value is -2.28. The summed E-state index contributed by atoms with van der Waals surface area (Å²) in [6.07, 6.45) is 5.54. The number of allylic oxidation sites excluding steroid dienone is 1. The van der Waals surface area contributed by atoms with Crippen molar-refractivity contribution in [2.45, 2.75) is 25.3 Å². The summed E-state index contributed by atoms with van der Waals surface area (Å²) in [6, 6.07) is 21.8. The van der Waals surface area contributed by atoms with Crippen molar-refractivity contribution in [2.75, 3.05) is 6.54 Å². The van der Waals surface area contributed by atoms with Crippen molar-refractivity contribution in [3.05, 3.63) is 96.2 Å². The van der Waals surface area contributed by atoms with E-state index in [1.165, 1.54) is 16.8 Å². The normalized spacial score (nSPS) is 20.8. The SMILES string of the molecule is C=CC1C(c2ccccc2)C=C(C)N1CCc1ccccc1. The molecule has 0 aromatic heterocycles. The topological polar surface area (TPSA) is 3.24 Å². The number of hydrogen-bond acceptors (Lipinski definition) is 1. The second-order valence-corrected chi connectivity index (χ2v) is 5.90. The molecule has 1 nitrogen and oxygen atoms in total. The van der Waals surface area contributed by atoms with Crippen molar-refractivity contribution >= 4 is 0 Å². The molecule has 0 aliphatic carbocycles. The van der Waals surface area contributed by atoms with Gasteiger partial charge in [-0.05, 0) is 24.5 Å². The Labute approximate surface area is 133 Å². The first-order valence-electron chi connectivity index (χ1n) is 7.96. The van der Waals surface area contributed by atoms with Crippen LogP contribution in [0.3, 0.4) is 0 Å². The molecule has 0 amide bonds. The van der Waals surface area contributed by atoms with Crippen LogP contribution < -0.4 is 0 Å². The average Bonchev–Trinajstić information content (AvgIpc) is 2.90. The fourth-order valence-corrected chi connectivity index (χ4v) is 3.35. The summed E-state index contributed by atoms with van der Waals surface area (Å²) in [5, 5.41) is 0. The molecule has 3 rings (SSSR count). The van der Waals surface area contributed by atoms with E-state index in [1.807, 2.05) is 0 Å². The first-order valence-corrected chi connectivity index (χ1v) is 7.96. The van der Waals surface area contributed by atoms with Crippen molar-refractivity contribution in [3.63, 3.8) is 0 Å². The monoisotopic (exact) mass is 289 g/mol. The van der Waals surface area contributed by atoms with Crippen molar-refractivity contribution in [1.82, 2.24) is 4.90 Å².